The summed E-state index contributed by atoms with van der Waals surface area (Å²) < 4.78 is 0. The van der Waals surface area contributed by atoms with Crippen molar-refractivity contribution in [2.75, 3.05) is 6.61 Å². The molecule has 3 N–H and O–H groups in total. The maximum Gasteiger partial charge on any atom is 0.0910 e. The van der Waals surface area contributed by atoms with Crippen LogP contribution < -0.4 is 0 Å². The normalized spacial score (nSPS) is 57.7. The summed E-state index contributed by atoms with van der Waals surface area (Å²) in [4.78, 5) is 0. The van der Waals surface area contributed by atoms with Crippen LogP contribution in [0.15, 0.2) is 0 Å². The van der Waals surface area contributed by atoms with Gasteiger partial charge in [-0.15, -0.1) is 0 Å². The van der Waals surface area contributed by atoms with Gasteiger partial charge in [-0.2, -0.15) is 0 Å². The molecular weight excluding hydrogens is 288 g/mol. The molecule has 3 nitrogen and oxygen atoms in total. The third-order valence-electron chi connectivity index (χ3n) is 8.77. The largest absolute Gasteiger partial charge is 0.393 e. The topological polar surface area (TPSA) is 60.7 Å². The van der Waals surface area contributed by atoms with Crippen LogP contribution in [0, 0.1) is 34.0 Å². The first-order valence-corrected chi connectivity index (χ1v) is 9.68. The summed E-state index contributed by atoms with van der Waals surface area (Å²) in [6.07, 6.45) is 8.18. The average molecular weight is 322 g/mol. The van der Waals surface area contributed by atoms with E-state index in [9.17, 15) is 15.3 Å². The number of aliphatic hydroxyl groups excluding tert-OH is 2. The van der Waals surface area contributed by atoms with Gasteiger partial charge in [-0.3, -0.25) is 0 Å². The number of rotatable bonds is 1. The summed E-state index contributed by atoms with van der Waals surface area (Å²) in [5, 5.41) is 31.9. The fourth-order valence-corrected chi connectivity index (χ4v) is 8.34. The molecule has 1 spiro atoms. The third kappa shape index (κ3) is 1.99. The van der Waals surface area contributed by atoms with Crippen LogP contribution in [0.3, 0.4) is 0 Å². The average Bonchev–Trinajstić information content (AvgIpc) is 2.64. The summed E-state index contributed by atoms with van der Waals surface area (Å²) in [5.41, 5.74) is -0.456. The highest BCUT2D eigenvalue weighted by Gasteiger charge is 2.68. The highest BCUT2D eigenvalue weighted by molar-refractivity contribution is 5.18. The quantitative estimate of drug-likeness (QED) is 0.695. The zero-order valence-electron chi connectivity index (χ0n) is 15.0. The zero-order valence-corrected chi connectivity index (χ0v) is 15.0. The molecule has 3 heteroatoms. The predicted octanol–water partition coefficient (Wildman–Crippen LogP) is 3.11. The summed E-state index contributed by atoms with van der Waals surface area (Å²) in [7, 11) is 0. The van der Waals surface area contributed by atoms with Crippen molar-refractivity contribution < 1.29 is 15.3 Å². The first-order chi connectivity index (χ1) is 10.7. The van der Waals surface area contributed by atoms with Crippen LogP contribution in [0.5, 0.6) is 0 Å². The fourth-order valence-electron chi connectivity index (χ4n) is 8.34. The molecule has 0 heterocycles. The SMILES string of the molecule is CC1(C)CCC[C@]2(C)[C@H]1C(O)C[C@@]13CC(CC[C@@H]12)[C@@](O)(CO)C3. The molecule has 0 aromatic heterocycles. The van der Waals surface area contributed by atoms with Crippen molar-refractivity contribution in [1.82, 2.24) is 0 Å². The number of hydrogen-bond donors (Lipinski definition) is 3. The molecule has 4 saturated carbocycles. The van der Waals surface area contributed by atoms with E-state index in [0.717, 1.165) is 19.3 Å². The van der Waals surface area contributed by atoms with Gasteiger partial charge in [0, 0.05) is 0 Å². The summed E-state index contributed by atoms with van der Waals surface area (Å²) in [6, 6.07) is 0. The first-order valence-electron chi connectivity index (χ1n) is 9.68. The van der Waals surface area contributed by atoms with Crippen molar-refractivity contribution in [2.24, 2.45) is 34.0 Å². The lowest BCUT2D eigenvalue weighted by Gasteiger charge is -2.65. The van der Waals surface area contributed by atoms with E-state index in [2.05, 4.69) is 20.8 Å². The van der Waals surface area contributed by atoms with Gasteiger partial charge in [0.2, 0.25) is 0 Å². The molecule has 23 heavy (non-hydrogen) atoms. The zero-order chi connectivity index (χ0) is 16.7. The minimum absolute atomic E-state index is 0.0541. The molecule has 0 aromatic rings. The monoisotopic (exact) mass is 322 g/mol. The Hall–Kier alpha value is -0.120. The van der Waals surface area contributed by atoms with Gasteiger partial charge in [-0.25, -0.2) is 0 Å². The van der Waals surface area contributed by atoms with E-state index in [1.807, 2.05) is 0 Å². The Bertz CT molecular complexity index is 503. The Morgan fingerprint density at radius 1 is 1.04 bits per heavy atom. The highest BCUT2D eigenvalue weighted by Crippen LogP contribution is 2.72. The minimum Gasteiger partial charge on any atom is -0.393 e. The molecule has 2 bridgehead atoms. The standard InChI is InChI=1S/C20H34O3/c1-17(2)7-4-8-18(3)15-6-5-13-9-19(15,10-14(22)16(17)18)11-20(13,23)12-21/h13-16,21-23H,4-12H2,1-3H3/t13?,14?,15-,16+,18+,19-,20+/m1/s1. The van der Waals surface area contributed by atoms with Crippen molar-refractivity contribution >= 4 is 0 Å². The van der Waals surface area contributed by atoms with Crippen LogP contribution in [-0.2, 0) is 0 Å². The van der Waals surface area contributed by atoms with Gasteiger partial charge in [-0.1, -0.05) is 27.2 Å². The van der Waals surface area contributed by atoms with Crippen molar-refractivity contribution in [3.63, 3.8) is 0 Å². The van der Waals surface area contributed by atoms with Gasteiger partial charge in [0.1, 0.15) is 0 Å². The second kappa shape index (κ2) is 4.74. The Balaban J connectivity index is 1.76. The first kappa shape index (κ1) is 16.4. The maximum absolute atomic E-state index is 11.2. The molecule has 7 atom stereocenters. The third-order valence-corrected chi connectivity index (χ3v) is 8.77. The molecule has 0 aromatic carbocycles. The summed E-state index contributed by atoms with van der Waals surface area (Å²) in [5.74, 6) is 1.20. The number of hydrogen-bond acceptors (Lipinski definition) is 3. The van der Waals surface area contributed by atoms with Crippen LogP contribution in [-0.4, -0.2) is 33.6 Å². The smallest absolute Gasteiger partial charge is 0.0910 e. The van der Waals surface area contributed by atoms with Crippen molar-refractivity contribution in [3.8, 4) is 0 Å². The Labute approximate surface area is 140 Å². The van der Waals surface area contributed by atoms with Crippen molar-refractivity contribution in [2.45, 2.75) is 83.8 Å². The van der Waals surface area contributed by atoms with Gasteiger partial charge in [0.25, 0.3) is 0 Å². The van der Waals surface area contributed by atoms with E-state index in [0.29, 0.717) is 18.3 Å². The van der Waals surface area contributed by atoms with E-state index in [4.69, 9.17) is 0 Å². The van der Waals surface area contributed by atoms with Gasteiger partial charge >= 0.3 is 0 Å². The van der Waals surface area contributed by atoms with E-state index >= 15 is 0 Å². The minimum atomic E-state index is -0.901. The molecule has 132 valence electrons. The van der Waals surface area contributed by atoms with Crippen LogP contribution >= 0.6 is 0 Å². The number of fused-ring (bicyclic) bond motifs is 3. The predicted molar refractivity (Wildman–Crippen MR) is 89.8 cm³/mol. The molecule has 4 rings (SSSR count). The Morgan fingerprint density at radius 2 is 1.78 bits per heavy atom. The second-order valence-electron chi connectivity index (χ2n) is 10.4. The molecular formula is C20H34O3. The molecule has 2 unspecified atom stereocenters. The van der Waals surface area contributed by atoms with E-state index in [1.165, 1.54) is 25.7 Å². The Morgan fingerprint density at radius 3 is 2.48 bits per heavy atom. The van der Waals surface area contributed by atoms with Crippen LogP contribution in [0.1, 0.15) is 72.1 Å². The van der Waals surface area contributed by atoms with Gasteiger partial charge in [0.05, 0.1) is 18.3 Å². The van der Waals surface area contributed by atoms with E-state index in [1.54, 1.807) is 0 Å². The number of aliphatic hydroxyl groups is 3. The molecule has 4 aliphatic carbocycles. The van der Waals surface area contributed by atoms with Crippen LogP contribution in [0.25, 0.3) is 0 Å². The van der Waals surface area contributed by atoms with Crippen molar-refractivity contribution in [3.05, 3.63) is 0 Å². The fraction of sp³-hybridized carbons (Fsp3) is 1.00. The lowest BCUT2D eigenvalue weighted by atomic mass is 9.40. The second-order valence-corrected chi connectivity index (χ2v) is 10.4. The van der Waals surface area contributed by atoms with Crippen molar-refractivity contribution in [1.29, 1.82) is 0 Å². The molecule has 0 saturated heterocycles. The lowest BCUT2D eigenvalue weighted by molar-refractivity contribution is -0.198. The van der Waals surface area contributed by atoms with Gasteiger partial charge in [0.15, 0.2) is 0 Å². The molecule has 0 radical (unpaired) electrons. The van der Waals surface area contributed by atoms with Crippen LogP contribution in [0.4, 0.5) is 0 Å². The maximum atomic E-state index is 11.2. The van der Waals surface area contributed by atoms with E-state index in [-0.39, 0.29) is 34.9 Å². The lowest BCUT2D eigenvalue weighted by Crippen LogP contribution is -2.61. The highest BCUT2D eigenvalue weighted by atomic mass is 16.3. The molecule has 4 aliphatic rings. The Kier molecular flexibility index (Phi) is 3.37. The summed E-state index contributed by atoms with van der Waals surface area (Å²) in [6.45, 7) is 7.01. The molecule has 0 aliphatic heterocycles. The van der Waals surface area contributed by atoms with Crippen LogP contribution in [0.2, 0.25) is 0 Å². The van der Waals surface area contributed by atoms with E-state index < -0.39 is 5.60 Å². The summed E-state index contributed by atoms with van der Waals surface area (Å²) >= 11 is 0. The van der Waals surface area contributed by atoms with Gasteiger partial charge < -0.3 is 15.3 Å². The molecule has 0 amide bonds. The molecule has 4 fully saturated rings. The van der Waals surface area contributed by atoms with Gasteiger partial charge in [-0.05, 0) is 78.9 Å².